The van der Waals surface area contributed by atoms with E-state index < -0.39 is 12.3 Å². The van der Waals surface area contributed by atoms with Crippen molar-refractivity contribution >= 4 is 0 Å². The molecule has 0 aliphatic rings. The van der Waals surface area contributed by atoms with E-state index in [-0.39, 0.29) is 5.57 Å². The minimum absolute atomic E-state index is 0.289. The maximum atomic E-state index is 11.4. The van der Waals surface area contributed by atoms with E-state index >= 15 is 0 Å². The number of aliphatic hydroxyl groups is 1. The van der Waals surface area contributed by atoms with Gasteiger partial charge >= 0.3 is 6.18 Å². The molecule has 0 aliphatic carbocycles. The zero-order chi connectivity index (χ0) is 7.65. The van der Waals surface area contributed by atoms with Crippen molar-refractivity contribution in [3.05, 3.63) is 12.2 Å². The van der Waals surface area contributed by atoms with Gasteiger partial charge in [-0.05, 0) is 12.5 Å². The summed E-state index contributed by atoms with van der Waals surface area (Å²) in [5.74, 6) is 0. The van der Waals surface area contributed by atoms with Crippen LogP contribution in [0.2, 0.25) is 0 Å². The van der Waals surface area contributed by atoms with Crippen LogP contribution in [0.25, 0.3) is 0 Å². The average molecular weight is 140 g/mol. The second kappa shape index (κ2) is 2.39. The third-order valence-electron chi connectivity index (χ3n) is 0.777. The van der Waals surface area contributed by atoms with Crippen molar-refractivity contribution in [2.75, 3.05) is 0 Å². The lowest BCUT2D eigenvalue weighted by molar-refractivity contribution is -0.191. The molecule has 0 amide bonds. The van der Waals surface area contributed by atoms with Gasteiger partial charge in [-0.3, -0.25) is 0 Å². The minimum atomic E-state index is -4.56. The van der Waals surface area contributed by atoms with Crippen LogP contribution in [-0.4, -0.2) is 17.4 Å². The van der Waals surface area contributed by atoms with Gasteiger partial charge in [-0.1, -0.05) is 6.58 Å². The topological polar surface area (TPSA) is 20.2 Å². The Morgan fingerprint density at radius 3 is 1.89 bits per heavy atom. The molecule has 0 saturated heterocycles. The molecule has 0 aromatic rings. The summed E-state index contributed by atoms with van der Waals surface area (Å²) < 4.78 is 34.2. The van der Waals surface area contributed by atoms with Crippen molar-refractivity contribution in [2.24, 2.45) is 0 Å². The Kier molecular flexibility index (Phi) is 2.25. The van der Waals surface area contributed by atoms with E-state index in [0.29, 0.717) is 0 Å². The second-order valence-corrected chi connectivity index (χ2v) is 1.79. The zero-order valence-electron chi connectivity index (χ0n) is 4.87. The monoisotopic (exact) mass is 140 g/mol. The molecule has 1 atom stereocenters. The third kappa shape index (κ3) is 2.51. The summed E-state index contributed by atoms with van der Waals surface area (Å²) >= 11 is 0. The van der Waals surface area contributed by atoms with Crippen molar-refractivity contribution < 1.29 is 18.3 Å². The highest BCUT2D eigenvalue weighted by atomic mass is 19.4. The smallest absolute Gasteiger partial charge is 0.379 e. The largest absolute Gasteiger partial charge is 0.418 e. The Morgan fingerprint density at radius 1 is 1.56 bits per heavy atom. The summed E-state index contributed by atoms with van der Waals surface area (Å²) in [5.41, 5.74) is -0.289. The fraction of sp³-hybridized carbons (Fsp3) is 0.600. The lowest BCUT2D eigenvalue weighted by Gasteiger charge is -2.13. The Hall–Kier alpha value is -0.510. The Labute approximate surface area is 50.8 Å². The van der Waals surface area contributed by atoms with Crippen LogP contribution in [0.1, 0.15) is 6.92 Å². The van der Waals surface area contributed by atoms with E-state index in [9.17, 15) is 13.2 Å². The third-order valence-corrected chi connectivity index (χ3v) is 0.777. The van der Waals surface area contributed by atoms with Crippen molar-refractivity contribution in [1.82, 2.24) is 0 Å². The normalized spacial score (nSPS) is 15.2. The van der Waals surface area contributed by atoms with Crippen LogP contribution in [-0.2, 0) is 0 Å². The van der Waals surface area contributed by atoms with E-state index in [2.05, 4.69) is 6.58 Å². The molecule has 1 N–H and O–H groups in total. The molecule has 0 rings (SSSR count). The SMILES string of the molecule is C=C(C)C(O)C(F)(F)F. The Balaban J connectivity index is 4.04. The number of rotatable bonds is 1. The standard InChI is InChI=1S/C5H7F3O/c1-3(2)4(9)5(6,7)8/h4,9H,1H2,2H3. The molecule has 9 heavy (non-hydrogen) atoms. The van der Waals surface area contributed by atoms with Gasteiger partial charge in [0.05, 0.1) is 0 Å². The van der Waals surface area contributed by atoms with Gasteiger partial charge in [0.25, 0.3) is 0 Å². The van der Waals surface area contributed by atoms with E-state index in [0.717, 1.165) is 6.92 Å². The molecule has 54 valence electrons. The molecule has 0 aromatic heterocycles. The van der Waals surface area contributed by atoms with E-state index in [1.165, 1.54) is 0 Å². The van der Waals surface area contributed by atoms with Gasteiger partial charge in [-0.25, -0.2) is 0 Å². The number of aliphatic hydroxyl groups excluding tert-OH is 1. The average Bonchev–Trinajstić information content (AvgIpc) is 1.62. The van der Waals surface area contributed by atoms with Crippen LogP contribution in [0.4, 0.5) is 13.2 Å². The lowest BCUT2D eigenvalue weighted by atomic mass is 10.2. The van der Waals surface area contributed by atoms with Crippen LogP contribution in [0.3, 0.4) is 0 Å². The van der Waals surface area contributed by atoms with Gasteiger partial charge < -0.3 is 5.11 Å². The second-order valence-electron chi connectivity index (χ2n) is 1.79. The fourth-order valence-corrected chi connectivity index (χ4v) is 0.279. The summed E-state index contributed by atoms with van der Waals surface area (Å²) in [5, 5.41) is 8.24. The van der Waals surface area contributed by atoms with Crippen LogP contribution in [0.5, 0.6) is 0 Å². The maximum Gasteiger partial charge on any atom is 0.418 e. The zero-order valence-corrected chi connectivity index (χ0v) is 4.87. The first-order chi connectivity index (χ1) is 3.85. The van der Waals surface area contributed by atoms with Gasteiger partial charge in [0.15, 0.2) is 6.10 Å². The molecule has 1 unspecified atom stereocenters. The van der Waals surface area contributed by atoms with Gasteiger partial charge in [-0.15, -0.1) is 0 Å². The van der Waals surface area contributed by atoms with E-state index in [4.69, 9.17) is 5.11 Å². The summed E-state index contributed by atoms with van der Waals surface area (Å²) in [6.07, 6.45) is -6.94. The van der Waals surface area contributed by atoms with Crippen molar-refractivity contribution in [3.8, 4) is 0 Å². The summed E-state index contributed by atoms with van der Waals surface area (Å²) in [7, 11) is 0. The van der Waals surface area contributed by atoms with Gasteiger partial charge in [-0.2, -0.15) is 13.2 Å². The van der Waals surface area contributed by atoms with Crippen LogP contribution in [0, 0.1) is 0 Å². The quantitative estimate of drug-likeness (QED) is 0.547. The number of hydrogen-bond donors (Lipinski definition) is 1. The Morgan fingerprint density at radius 2 is 1.89 bits per heavy atom. The highest BCUT2D eigenvalue weighted by Gasteiger charge is 2.38. The molecular weight excluding hydrogens is 133 g/mol. The highest BCUT2D eigenvalue weighted by Crippen LogP contribution is 2.23. The van der Waals surface area contributed by atoms with E-state index in [1.54, 1.807) is 0 Å². The van der Waals surface area contributed by atoms with Gasteiger partial charge in [0.1, 0.15) is 0 Å². The van der Waals surface area contributed by atoms with Crippen molar-refractivity contribution in [2.45, 2.75) is 19.2 Å². The van der Waals surface area contributed by atoms with Crippen LogP contribution < -0.4 is 0 Å². The minimum Gasteiger partial charge on any atom is -0.379 e. The molecule has 0 fully saturated rings. The molecule has 4 heteroatoms. The molecule has 0 aliphatic heterocycles. The lowest BCUT2D eigenvalue weighted by Crippen LogP contribution is -2.28. The molecule has 0 spiro atoms. The maximum absolute atomic E-state index is 11.4. The van der Waals surface area contributed by atoms with Gasteiger partial charge in [0.2, 0.25) is 0 Å². The number of halogens is 3. The molecular formula is C5H7F3O. The molecule has 1 nitrogen and oxygen atoms in total. The van der Waals surface area contributed by atoms with Crippen LogP contribution in [0.15, 0.2) is 12.2 Å². The fourth-order valence-electron chi connectivity index (χ4n) is 0.279. The molecule has 0 aromatic carbocycles. The summed E-state index contributed by atoms with van der Waals surface area (Å²) in [6.45, 7) is 4.07. The summed E-state index contributed by atoms with van der Waals surface area (Å²) in [4.78, 5) is 0. The summed E-state index contributed by atoms with van der Waals surface area (Å²) in [6, 6.07) is 0. The van der Waals surface area contributed by atoms with Gasteiger partial charge in [0, 0.05) is 0 Å². The first-order valence-electron chi connectivity index (χ1n) is 2.26. The first kappa shape index (κ1) is 8.49. The first-order valence-corrected chi connectivity index (χ1v) is 2.26. The predicted molar refractivity (Wildman–Crippen MR) is 26.9 cm³/mol. The molecule has 0 saturated carbocycles. The number of alkyl halides is 3. The van der Waals surface area contributed by atoms with Crippen molar-refractivity contribution in [1.29, 1.82) is 0 Å². The Bertz CT molecular complexity index is 116. The highest BCUT2D eigenvalue weighted by molar-refractivity contribution is 5.00. The molecule has 0 heterocycles. The van der Waals surface area contributed by atoms with E-state index in [1.807, 2.05) is 0 Å². The van der Waals surface area contributed by atoms with Crippen molar-refractivity contribution in [3.63, 3.8) is 0 Å². The number of hydrogen-bond acceptors (Lipinski definition) is 1. The predicted octanol–water partition coefficient (Wildman–Crippen LogP) is 1.49. The molecule has 0 bridgehead atoms. The van der Waals surface area contributed by atoms with Crippen LogP contribution >= 0.6 is 0 Å². The molecule has 0 radical (unpaired) electrons.